The van der Waals surface area contributed by atoms with Crippen LogP contribution in [0, 0.1) is 5.41 Å². The van der Waals surface area contributed by atoms with Crippen LogP contribution in [0.4, 0.5) is 5.69 Å². The summed E-state index contributed by atoms with van der Waals surface area (Å²) in [5.41, 5.74) is 1.88. The number of likely N-dealkylation sites (tertiary alicyclic amines) is 1. The minimum atomic E-state index is -0.239. The Morgan fingerprint density at radius 3 is 2.41 bits per heavy atom. The van der Waals surface area contributed by atoms with Gasteiger partial charge in [-0.15, -0.1) is 10.2 Å². The molecule has 2 aliphatic heterocycles. The van der Waals surface area contributed by atoms with E-state index in [1.807, 2.05) is 70.1 Å². The fourth-order valence-electron chi connectivity index (χ4n) is 4.92. The van der Waals surface area contributed by atoms with E-state index < -0.39 is 0 Å². The Kier molecular flexibility index (Phi) is 5.47. The molecule has 1 atom stereocenters. The van der Waals surface area contributed by atoms with E-state index in [4.69, 9.17) is 0 Å². The highest BCUT2D eigenvalue weighted by molar-refractivity contribution is 6.01. The number of hydrogen-bond acceptors (Lipinski definition) is 4. The summed E-state index contributed by atoms with van der Waals surface area (Å²) in [7, 11) is 0. The van der Waals surface area contributed by atoms with E-state index in [-0.39, 0.29) is 17.2 Å². The number of para-hydroxylation sites is 1. The Labute approximate surface area is 187 Å². The summed E-state index contributed by atoms with van der Waals surface area (Å²) in [5.74, 6) is 1.17. The highest BCUT2D eigenvalue weighted by Crippen LogP contribution is 2.41. The molecular weight excluding hydrogens is 402 g/mol. The average molecular weight is 430 g/mol. The molecule has 1 N–H and O–H groups in total. The molecule has 1 aromatic heterocycles. The van der Waals surface area contributed by atoms with Gasteiger partial charge < -0.3 is 14.8 Å². The van der Waals surface area contributed by atoms with Gasteiger partial charge in [-0.1, -0.05) is 48.5 Å². The lowest BCUT2D eigenvalue weighted by Crippen LogP contribution is -2.33. The quantitative estimate of drug-likeness (QED) is 0.690. The van der Waals surface area contributed by atoms with E-state index in [1.165, 1.54) is 0 Å². The number of amides is 2. The first-order chi connectivity index (χ1) is 15.6. The molecule has 0 radical (unpaired) electrons. The van der Waals surface area contributed by atoms with Gasteiger partial charge in [0.25, 0.3) is 5.91 Å². The number of anilines is 1. The number of carbonyl (C=O) groups is 2. The van der Waals surface area contributed by atoms with Crippen LogP contribution in [-0.2, 0) is 24.2 Å². The summed E-state index contributed by atoms with van der Waals surface area (Å²) >= 11 is 0. The van der Waals surface area contributed by atoms with Crippen molar-refractivity contribution < 1.29 is 9.59 Å². The number of aromatic nitrogens is 3. The lowest BCUT2D eigenvalue weighted by Gasteiger charge is -2.27. The van der Waals surface area contributed by atoms with Crippen molar-refractivity contribution in [1.29, 1.82) is 0 Å². The molecule has 2 amide bonds. The van der Waals surface area contributed by atoms with E-state index in [0.29, 0.717) is 18.8 Å². The number of rotatable bonds is 4. The zero-order chi connectivity index (χ0) is 22.0. The average Bonchev–Trinajstić information content (AvgIpc) is 3.38. The second-order valence-electron chi connectivity index (χ2n) is 8.89. The van der Waals surface area contributed by atoms with Gasteiger partial charge in [0.15, 0.2) is 0 Å². The molecule has 0 bridgehead atoms. The molecule has 5 rings (SSSR count). The van der Waals surface area contributed by atoms with E-state index in [9.17, 15) is 9.59 Å². The van der Waals surface area contributed by atoms with Crippen molar-refractivity contribution in [3.05, 3.63) is 77.9 Å². The fourth-order valence-corrected chi connectivity index (χ4v) is 4.92. The van der Waals surface area contributed by atoms with Crippen molar-refractivity contribution in [2.75, 3.05) is 18.4 Å². The monoisotopic (exact) mass is 429 g/mol. The lowest BCUT2D eigenvalue weighted by molar-refractivity contribution is -0.129. The highest BCUT2D eigenvalue weighted by atomic mass is 16.2. The predicted molar refractivity (Wildman–Crippen MR) is 121 cm³/mol. The van der Waals surface area contributed by atoms with Gasteiger partial charge in [0, 0.05) is 31.7 Å². The van der Waals surface area contributed by atoms with Gasteiger partial charge in [0.05, 0.1) is 6.42 Å². The Morgan fingerprint density at radius 2 is 1.62 bits per heavy atom. The van der Waals surface area contributed by atoms with Crippen LogP contribution in [-0.4, -0.2) is 44.6 Å². The first kappa shape index (κ1) is 20.4. The van der Waals surface area contributed by atoms with E-state index in [1.54, 1.807) is 0 Å². The molecule has 3 aromatic rings. The maximum atomic E-state index is 12.9. The van der Waals surface area contributed by atoms with Crippen molar-refractivity contribution >= 4 is 17.5 Å². The number of aryl methyl sites for hydroxylation is 1. The Balaban J connectivity index is 1.24. The van der Waals surface area contributed by atoms with Crippen LogP contribution in [0.1, 0.15) is 41.3 Å². The van der Waals surface area contributed by atoms with Crippen molar-refractivity contribution in [3.8, 4) is 0 Å². The van der Waals surface area contributed by atoms with Crippen LogP contribution < -0.4 is 5.32 Å². The first-order valence-corrected chi connectivity index (χ1v) is 11.2. The number of benzene rings is 2. The molecule has 1 unspecified atom stereocenters. The van der Waals surface area contributed by atoms with Crippen molar-refractivity contribution in [2.24, 2.45) is 5.41 Å². The first-order valence-electron chi connectivity index (χ1n) is 11.2. The van der Waals surface area contributed by atoms with Gasteiger partial charge in [-0.2, -0.15) is 0 Å². The number of carbonyl (C=O) groups excluding carboxylic acids is 2. The molecule has 32 heavy (non-hydrogen) atoms. The van der Waals surface area contributed by atoms with Crippen LogP contribution in [0.15, 0.2) is 60.7 Å². The van der Waals surface area contributed by atoms with E-state index in [0.717, 1.165) is 55.8 Å². The summed E-state index contributed by atoms with van der Waals surface area (Å²) in [6.07, 6.45) is 4.09. The number of nitrogens with one attached hydrogen (secondary N) is 1. The minimum Gasteiger partial charge on any atom is -0.342 e. The third-order valence-corrected chi connectivity index (χ3v) is 6.80. The van der Waals surface area contributed by atoms with Crippen LogP contribution in [0.3, 0.4) is 0 Å². The second kappa shape index (κ2) is 8.57. The summed E-state index contributed by atoms with van der Waals surface area (Å²) in [6.45, 7) is 2.27. The van der Waals surface area contributed by atoms with Gasteiger partial charge in [-0.3, -0.25) is 9.59 Å². The Hall–Kier alpha value is -3.48. The number of hydrogen-bond donors (Lipinski definition) is 1. The SMILES string of the molecule is O=C(Nc1ccccc1)c1nnc2n1CCC1(CC2)CCN(C(=O)Cc2ccccc2)C1. The third kappa shape index (κ3) is 4.15. The van der Waals surface area contributed by atoms with Crippen molar-refractivity contribution in [2.45, 2.75) is 38.6 Å². The van der Waals surface area contributed by atoms with Crippen LogP contribution in [0.25, 0.3) is 0 Å². The normalized spacial score (nSPS) is 20.1. The molecule has 2 aromatic carbocycles. The molecule has 7 nitrogen and oxygen atoms in total. The molecule has 3 heterocycles. The molecule has 2 aliphatic rings. The lowest BCUT2D eigenvalue weighted by atomic mass is 9.80. The zero-order valence-corrected chi connectivity index (χ0v) is 18.0. The van der Waals surface area contributed by atoms with Gasteiger partial charge >= 0.3 is 0 Å². The van der Waals surface area contributed by atoms with Gasteiger partial charge in [-0.25, -0.2) is 0 Å². The van der Waals surface area contributed by atoms with Crippen molar-refractivity contribution in [1.82, 2.24) is 19.7 Å². The van der Waals surface area contributed by atoms with Gasteiger partial charge in [0.2, 0.25) is 11.7 Å². The van der Waals surface area contributed by atoms with Crippen molar-refractivity contribution in [3.63, 3.8) is 0 Å². The summed E-state index contributed by atoms with van der Waals surface area (Å²) in [5, 5.41) is 11.4. The molecule has 1 fully saturated rings. The van der Waals surface area contributed by atoms with Crippen LogP contribution >= 0.6 is 0 Å². The molecule has 164 valence electrons. The summed E-state index contributed by atoms with van der Waals surface area (Å²) in [4.78, 5) is 27.7. The molecule has 1 spiro atoms. The Morgan fingerprint density at radius 1 is 0.906 bits per heavy atom. The minimum absolute atomic E-state index is 0.0836. The Bertz CT molecular complexity index is 1110. The third-order valence-electron chi connectivity index (χ3n) is 6.80. The fraction of sp³-hybridized carbons (Fsp3) is 0.360. The zero-order valence-electron chi connectivity index (χ0n) is 18.0. The molecule has 7 heteroatoms. The van der Waals surface area contributed by atoms with E-state index in [2.05, 4.69) is 15.5 Å². The standard InChI is InChI=1S/C25H27N5O2/c31-22(17-19-7-3-1-4-8-19)29-15-13-25(18-29)12-11-21-27-28-23(30(21)16-14-25)24(32)26-20-9-5-2-6-10-20/h1-10H,11-18H2,(H,26,32). The molecule has 1 saturated heterocycles. The van der Waals surface area contributed by atoms with Crippen LogP contribution in [0.2, 0.25) is 0 Å². The second-order valence-corrected chi connectivity index (χ2v) is 8.89. The number of fused-ring (bicyclic) bond motifs is 1. The molecule has 0 aliphatic carbocycles. The van der Waals surface area contributed by atoms with Gasteiger partial charge in [0.1, 0.15) is 5.82 Å². The summed E-state index contributed by atoms with van der Waals surface area (Å²) in [6, 6.07) is 19.3. The molecular formula is C25H27N5O2. The highest BCUT2D eigenvalue weighted by Gasteiger charge is 2.41. The van der Waals surface area contributed by atoms with Gasteiger partial charge in [-0.05, 0) is 42.4 Å². The topological polar surface area (TPSA) is 80.1 Å². The predicted octanol–water partition coefficient (Wildman–Crippen LogP) is 3.33. The smallest absolute Gasteiger partial charge is 0.293 e. The van der Waals surface area contributed by atoms with Crippen LogP contribution in [0.5, 0.6) is 0 Å². The largest absolute Gasteiger partial charge is 0.342 e. The summed E-state index contributed by atoms with van der Waals surface area (Å²) < 4.78 is 1.96. The maximum Gasteiger partial charge on any atom is 0.293 e. The maximum absolute atomic E-state index is 12.9. The number of nitrogens with zero attached hydrogens (tertiary/aromatic N) is 4. The molecule has 0 saturated carbocycles. The van der Waals surface area contributed by atoms with E-state index >= 15 is 0 Å².